The minimum Gasteiger partial charge on any atom is -0.493 e. The lowest BCUT2D eigenvalue weighted by atomic mass is 9.93. The summed E-state index contributed by atoms with van der Waals surface area (Å²) in [6.45, 7) is 2.94. The standard InChI is InChI=1S/C26H29F2IN4O2/c27-26(28)8-12-33(13-9-26)23-19-3-14-35-21(19)16-22(30-23)31-24(34)18-2-1-17(29)15-20(18)32-10-6-25(4-5-25)7-11-32/h1-2,15-16H,3-14H2,(H,30,31,34). The summed E-state index contributed by atoms with van der Waals surface area (Å²) in [4.78, 5) is 22.4. The number of hydrogen-bond acceptors (Lipinski definition) is 5. The lowest BCUT2D eigenvalue weighted by molar-refractivity contribution is -0.0221. The van der Waals surface area contributed by atoms with E-state index < -0.39 is 5.92 Å². The van der Waals surface area contributed by atoms with Gasteiger partial charge in [0.05, 0.1) is 17.9 Å². The zero-order valence-corrected chi connectivity index (χ0v) is 21.7. The number of nitrogens with one attached hydrogen (secondary N) is 1. The molecule has 1 spiro atoms. The second-order valence-electron chi connectivity index (χ2n) is 10.4. The molecule has 0 radical (unpaired) electrons. The Morgan fingerprint density at radius 2 is 1.71 bits per heavy atom. The largest absolute Gasteiger partial charge is 0.493 e. The molecule has 35 heavy (non-hydrogen) atoms. The van der Waals surface area contributed by atoms with Gasteiger partial charge in [-0.2, -0.15) is 0 Å². The van der Waals surface area contributed by atoms with E-state index in [1.165, 1.54) is 25.7 Å². The fourth-order valence-electron chi connectivity index (χ4n) is 5.57. The molecule has 1 N–H and O–H groups in total. The van der Waals surface area contributed by atoms with Crippen LogP contribution in [0.5, 0.6) is 5.75 Å². The molecule has 0 bridgehead atoms. The molecule has 4 heterocycles. The number of alkyl halides is 2. The fraction of sp³-hybridized carbons (Fsp3) is 0.538. The number of hydrogen-bond donors (Lipinski definition) is 1. The van der Waals surface area contributed by atoms with Crippen LogP contribution >= 0.6 is 22.6 Å². The Kier molecular flexibility index (Phi) is 5.80. The minimum absolute atomic E-state index is 0.190. The summed E-state index contributed by atoms with van der Waals surface area (Å²) in [7, 11) is 0. The fourth-order valence-corrected chi connectivity index (χ4v) is 6.05. The van der Waals surface area contributed by atoms with Gasteiger partial charge >= 0.3 is 0 Å². The van der Waals surface area contributed by atoms with Crippen LogP contribution in [0.3, 0.4) is 0 Å². The van der Waals surface area contributed by atoms with E-state index in [-0.39, 0.29) is 31.8 Å². The quantitative estimate of drug-likeness (QED) is 0.475. The van der Waals surface area contributed by atoms with Crippen molar-refractivity contribution in [3.05, 3.63) is 39.0 Å². The highest BCUT2D eigenvalue weighted by Gasteiger charge is 2.44. The number of rotatable bonds is 4. The van der Waals surface area contributed by atoms with Crippen molar-refractivity contribution >= 4 is 45.8 Å². The molecule has 2 saturated heterocycles. The maximum Gasteiger partial charge on any atom is 0.258 e. The third kappa shape index (κ3) is 4.68. The first kappa shape index (κ1) is 23.2. The lowest BCUT2D eigenvalue weighted by Gasteiger charge is -2.35. The molecule has 1 aliphatic carbocycles. The van der Waals surface area contributed by atoms with Gasteiger partial charge in [0, 0.05) is 60.6 Å². The zero-order chi connectivity index (χ0) is 24.2. The number of anilines is 3. The second-order valence-corrected chi connectivity index (χ2v) is 11.6. The van der Waals surface area contributed by atoms with Crippen molar-refractivity contribution in [2.24, 2.45) is 5.41 Å². The van der Waals surface area contributed by atoms with Crippen molar-refractivity contribution < 1.29 is 18.3 Å². The number of amides is 1. The van der Waals surface area contributed by atoms with Crippen LogP contribution < -0.4 is 19.9 Å². The highest BCUT2D eigenvalue weighted by Crippen LogP contribution is 2.54. The molecule has 1 aromatic carbocycles. The van der Waals surface area contributed by atoms with Gasteiger partial charge in [0.25, 0.3) is 11.8 Å². The number of ether oxygens (including phenoxy) is 1. The normalized spacial score (nSPS) is 22.0. The number of nitrogens with zero attached hydrogens (tertiary/aromatic N) is 3. The van der Waals surface area contributed by atoms with Crippen LogP contribution in [0.4, 0.5) is 26.1 Å². The molecule has 1 saturated carbocycles. The monoisotopic (exact) mass is 594 g/mol. The van der Waals surface area contributed by atoms with Gasteiger partial charge in [-0.1, -0.05) is 0 Å². The van der Waals surface area contributed by atoms with Crippen molar-refractivity contribution in [2.45, 2.75) is 50.9 Å². The van der Waals surface area contributed by atoms with E-state index in [2.05, 4.69) is 38.9 Å². The van der Waals surface area contributed by atoms with Crippen molar-refractivity contribution in [3.8, 4) is 5.75 Å². The molecule has 186 valence electrons. The average Bonchev–Trinajstić information content (AvgIpc) is 3.41. The van der Waals surface area contributed by atoms with E-state index in [1.54, 1.807) is 6.07 Å². The van der Waals surface area contributed by atoms with Crippen LogP contribution in [0.2, 0.25) is 0 Å². The summed E-state index contributed by atoms with van der Waals surface area (Å²) in [5.41, 5.74) is 3.08. The van der Waals surface area contributed by atoms with E-state index in [1.807, 2.05) is 17.0 Å². The van der Waals surface area contributed by atoms with Gasteiger partial charge in [-0.3, -0.25) is 4.79 Å². The van der Waals surface area contributed by atoms with Crippen molar-refractivity contribution in [2.75, 3.05) is 47.9 Å². The summed E-state index contributed by atoms with van der Waals surface area (Å²) in [5.74, 6) is -1.13. The van der Waals surface area contributed by atoms with Crippen LogP contribution in [0.1, 0.15) is 54.4 Å². The Morgan fingerprint density at radius 3 is 2.43 bits per heavy atom. The smallest absolute Gasteiger partial charge is 0.258 e. The number of carbonyl (C=O) groups is 1. The van der Waals surface area contributed by atoms with Crippen LogP contribution in [-0.2, 0) is 6.42 Å². The van der Waals surface area contributed by atoms with E-state index in [0.717, 1.165) is 27.9 Å². The van der Waals surface area contributed by atoms with Gasteiger partial charge in [0.1, 0.15) is 17.4 Å². The van der Waals surface area contributed by atoms with E-state index in [0.29, 0.717) is 41.4 Å². The Morgan fingerprint density at radius 1 is 1.00 bits per heavy atom. The molecule has 3 aliphatic heterocycles. The minimum atomic E-state index is -2.63. The summed E-state index contributed by atoms with van der Waals surface area (Å²) in [6.07, 6.45) is 5.35. The van der Waals surface area contributed by atoms with Gasteiger partial charge in [-0.15, -0.1) is 0 Å². The Labute approximate surface area is 217 Å². The Bertz CT molecular complexity index is 1150. The first-order valence-electron chi connectivity index (χ1n) is 12.5. The third-order valence-corrected chi connectivity index (χ3v) is 8.70. The first-order valence-corrected chi connectivity index (χ1v) is 13.5. The number of halogens is 3. The summed E-state index contributed by atoms with van der Waals surface area (Å²) in [5, 5.41) is 2.98. The SMILES string of the molecule is O=C(Nc1cc2c(c(N3CCC(F)(F)CC3)n1)CCO2)c1ccc(I)cc1N1CCC2(CC1)CC2. The van der Waals surface area contributed by atoms with Crippen molar-refractivity contribution in [1.82, 2.24) is 4.98 Å². The molecule has 6 rings (SSSR count). The topological polar surface area (TPSA) is 57.7 Å². The molecular weight excluding hydrogens is 565 g/mol. The number of carbonyl (C=O) groups excluding carboxylic acids is 1. The van der Waals surface area contributed by atoms with Gasteiger partial charge in [-0.05, 0) is 71.9 Å². The lowest BCUT2D eigenvalue weighted by Crippen LogP contribution is -2.40. The Hall–Kier alpha value is -2.17. The summed E-state index contributed by atoms with van der Waals surface area (Å²) >= 11 is 2.29. The number of piperidine rings is 2. The molecule has 4 aliphatic rings. The van der Waals surface area contributed by atoms with Crippen LogP contribution in [0.25, 0.3) is 0 Å². The number of aromatic nitrogens is 1. The van der Waals surface area contributed by atoms with E-state index in [9.17, 15) is 13.6 Å². The van der Waals surface area contributed by atoms with Crippen LogP contribution in [0, 0.1) is 8.99 Å². The molecule has 0 atom stereocenters. The molecule has 2 aromatic rings. The molecule has 3 fully saturated rings. The van der Waals surface area contributed by atoms with Gasteiger partial charge < -0.3 is 19.9 Å². The zero-order valence-electron chi connectivity index (χ0n) is 19.6. The predicted molar refractivity (Wildman–Crippen MR) is 140 cm³/mol. The van der Waals surface area contributed by atoms with Gasteiger partial charge in [-0.25, -0.2) is 13.8 Å². The Balaban J connectivity index is 1.25. The maximum absolute atomic E-state index is 13.7. The van der Waals surface area contributed by atoms with E-state index >= 15 is 0 Å². The number of pyridine rings is 1. The maximum atomic E-state index is 13.7. The average molecular weight is 594 g/mol. The van der Waals surface area contributed by atoms with Crippen LogP contribution in [-0.4, -0.2) is 49.6 Å². The number of benzene rings is 1. The van der Waals surface area contributed by atoms with Gasteiger partial charge in [0.2, 0.25) is 0 Å². The first-order chi connectivity index (χ1) is 16.8. The van der Waals surface area contributed by atoms with Crippen LogP contribution in [0.15, 0.2) is 24.3 Å². The highest BCUT2D eigenvalue weighted by molar-refractivity contribution is 14.1. The molecule has 1 amide bonds. The molecule has 9 heteroatoms. The number of fused-ring (bicyclic) bond motifs is 1. The molecular formula is C26H29F2IN4O2. The van der Waals surface area contributed by atoms with Crippen molar-refractivity contribution in [1.29, 1.82) is 0 Å². The second kappa shape index (κ2) is 8.74. The highest BCUT2D eigenvalue weighted by atomic mass is 127. The summed E-state index contributed by atoms with van der Waals surface area (Å²) in [6, 6.07) is 7.67. The molecule has 6 nitrogen and oxygen atoms in total. The molecule has 0 unspecified atom stereocenters. The summed E-state index contributed by atoms with van der Waals surface area (Å²) < 4.78 is 34.4. The van der Waals surface area contributed by atoms with Crippen molar-refractivity contribution in [3.63, 3.8) is 0 Å². The van der Waals surface area contributed by atoms with Gasteiger partial charge in [0.15, 0.2) is 0 Å². The van der Waals surface area contributed by atoms with E-state index in [4.69, 9.17) is 9.72 Å². The third-order valence-electron chi connectivity index (χ3n) is 8.03. The predicted octanol–water partition coefficient (Wildman–Crippen LogP) is 5.49. The molecule has 1 aromatic heterocycles.